The van der Waals surface area contributed by atoms with Gasteiger partial charge in [-0.25, -0.2) is 4.79 Å². The molecule has 18 heavy (non-hydrogen) atoms. The maximum atomic E-state index is 11.8. The normalized spacial score (nSPS) is 12.9. The summed E-state index contributed by atoms with van der Waals surface area (Å²) in [4.78, 5) is 27.7. The Labute approximate surface area is 111 Å². The third-order valence-corrected chi connectivity index (χ3v) is 2.78. The van der Waals surface area contributed by atoms with E-state index in [-0.39, 0.29) is 18.2 Å². The number of alkyl carbamates (subject to hydrolysis) is 1. The van der Waals surface area contributed by atoms with Crippen molar-refractivity contribution in [3.05, 3.63) is 16.6 Å². The Morgan fingerprint density at radius 1 is 1.50 bits per heavy atom. The lowest BCUT2D eigenvalue weighted by molar-refractivity contribution is 0.0506. The van der Waals surface area contributed by atoms with Crippen LogP contribution in [0.3, 0.4) is 0 Å². The number of aromatic nitrogens is 1. The quantitative estimate of drug-likeness (QED) is 0.854. The molecule has 0 aliphatic heterocycles. The van der Waals surface area contributed by atoms with Crippen LogP contribution in [0, 0.1) is 0 Å². The Bertz CT molecular complexity index is 409. The molecule has 0 spiro atoms. The Morgan fingerprint density at radius 2 is 2.17 bits per heavy atom. The van der Waals surface area contributed by atoms with Gasteiger partial charge in [-0.3, -0.25) is 9.78 Å². The van der Waals surface area contributed by atoms with Crippen LogP contribution in [0.5, 0.6) is 0 Å². The summed E-state index contributed by atoms with van der Waals surface area (Å²) in [6.45, 7) is 7.14. The highest BCUT2D eigenvalue weighted by Gasteiger charge is 2.19. The summed E-state index contributed by atoms with van der Waals surface area (Å²) in [6.07, 6.45) is 1.27. The zero-order valence-corrected chi connectivity index (χ0v) is 11.8. The van der Waals surface area contributed by atoms with Crippen LogP contribution in [0.25, 0.3) is 0 Å². The smallest absolute Gasteiger partial charge is 0.407 e. The molecule has 0 fully saturated rings. The van der Waals surface area contributed by atoms with Gasteiger partial charge in [0.15, 0.2) is 5.78 Å². The molecule has 0 bridgehead atoms. The lowest BCUT2D eigenvalue weighted by atomic mass is 10.1. The number of hydrogen-bond donors (Lipinski definition) is 1. The van der Waals surface area contributed by atoms with Gasteiger partial charge in [-0.15, -0.1) is 11.3 Å². The number of hydrogen-bond acceptors (Lipinski definition) is 5. The summed E-state index contributed by atoms with van der Waals surface area (Å²) in [7, 11) is 0. The van der Waals surface area contributed by atoms with Gasteiger partial charge in [-0.2, -0.15) is 0 Å². The van der Waals surface area contributed by atoms with E-state index in [0.29, 0.717) is 4.88 Å². The second kappa shape index (κ2) is 5.95. The number of thiazole rings is 1. The van der Waals surface area contributed by atoms with Gasteiger partial charge in [-0.1, -0.05) is 0 Å². The predicted molar refractivity (Wildman–Crippen MR) is 69.9 cm³/mol. The molecule has 0 saturated carbocycles. The molecular weight excluding hydrogens is 252 g/mol. The van der Waals surface area contributed by atoms with E-state index < -0.39 is 11.7 Å². The molecule has 0 aliphatic carbocycles. The van der Waals surface area contributed by atoms with Crippen molar-refractivity contribution >= 4 is 23.2 Å². The molecule has 1 aromatic heterocycles. The van der Waals surface area contributed by atoms with Gasteiger partial charge in [0.2, 0.25) is 0 Å². The van der Waals surface area contributed by atoms with Gasteiger partial charge in [0.1, 0.15) is 5.60 Å². The molecule has 6 heteroatoms. The molecule has 0 aromatic carbocycles. The van der Waals surface area contributed by atoms with Gasteiger partial charge in [0.25, 0.3) is 0 Å². The molecule has 1 aromatic rings. The summed E-state index contributed by atoms with van der Waals surface area (Å²) in [5, 5.41) is 2.63. The van der Waals surface area contributed by atoms with Crippen LogP contribution in [0.15, 0.2) is 11.7 Å². The summed E-state index contributed by atoms with van der Waals surface area (Å²) >= 11 is 1.30. The largest absolute Gasteiger partial charge is 0.444 e. The number of amides is 1. The van der Waals surface area contributed by atoms with Crippen molar-refractivity contribution in [2.24, 2.45) is 0 Å². The van der Waals surface area contributed by atoms with Crippen LogP contribution >= 0.6 is 11.3 Å². The van der Waals surface area contributed by atoms with Gasteiger partial charge >= 0.3 is 6.09 Å². The Hall–Kier alpha value is -1.43. The molecule has 1 amide bonds. The van der Waals surface area contributed by atoms with Crippen molar-refractivity contribution in [3.63, 3.8) is 0 Å². The molecule has 1 heterocycles. The lowest BCUT2D eigenvalue weighted by Crippen LogP contribution is -2.38. The molecule has 0 saturated heterocycles. The van der Waals surface area contributed by atoms with Crippen LogP contribution in [-0.4, -0.2) is 28.5 Å². The molecule has 0 radical (unpaired) electrons. The van der Waals surface area contributed by atoms with Gasteiger partial charge in [0.05, 0.1) is 10.4 Å². The van der Waals surface area contributed by atoms with Crippen molar-refractivity contribution in [2.45, 2.75) is 45.8 Å². The fourth-order valence-corrected chi connectivity index (χ4v) is 1.86. The fraction of sp³-hybridized carbons (Fsp3) is 0.583. The number of ether oxygens (including phenoxy) is 1. The Kier molecular flexibility index (Phi) is 4.84. The maximum Gasteiger partial charge on any atom is 0.407 e. The van der Waals surface area contributed by atoms with E-state index in [0.717, 1.165) is 0 Å². The summed E-state index contributed by atoms with van der Waals surface area (Å²) in [6, 6.07) is -0.269. The first-order valence-electron chi connectivity index (χ1n) is 5.69. The molecule has 1 rings (SSSR count). The van der Waals surface area contributed by atoms with Gasteiger partial charge in [-0.05, 0) is 27.7 Å². The molecular formula is C12H18N2O3S. The lowest BCUT2D eigenvalue weighted by Gasteiger charge is -2.21. The number of rotatable bonds is 4. The van der Waals surface area contributed by atoms with E-state index in [1.807, 2.05) is 0 Å². The van der Waals surface area contributed by atoms with Gasteiger partial charge in [0, 0.05) is 18.7 Å². The van der Waals surface area contributed by atoms with E-state index in [4.69, 9.17) is 4.74 Å². The van der Waals surface area contributed by atoms with Crippen molar-refractivity contribution in [1.29, 1.82) is 0 Å². The Balaban J connectivity index is 2.40. The minimum absolute atomic E-state index is 0.0268. The number of ketones is 1. The molecule has 0 aliphatic rings. The minimum Gasteiger partial charge on any atom is -0.444 e. The van der Waals surface area contributed by atoms with Crippen molar-refractivity contribution in [1.82, 2.24) is 10.3 Å². The van der Waals surface area contributed by atoms with E-state index >= 15 is 0 Å². The first kappa shape index (κ1) is 14.6. The van der Waals surface area contributed by atoms with Crippen molar-refractivity contribution in [3.8, 4) is 0 Å². The second-order valence-electron chi connectivity index (χ2n) is 5.04. The number of nitrogens with one attached hydrogen (secondary N) is 1. The zero-order valence-electron chi connectivity index (χ0n) is 11.0. The highest BCUT2D eigenvalue weighted by atomic mass is 32.1. The summed E-state index contributed by atoms with van der Waals surface area (Å²) in [5.41, 5.74) is 1.07. The van der Waals surface area contributed by atoms with Crippen LogP contribution < -0.4 is 5.32 Å². The maximum absolute atomic E-state index is 11.8. The standard InChI is InChI=1S/C12H18N2O3S/c1-8(14-11(16)17-12(2,3)4)5-9(15)10-6-13-7-18-10/h6-8H,5H2,1-4H3,(H,14,16). The third-order valence-electron chi connectivity index (χ3n) is 1.96. The average Bonchev–Trinajstić information content (AvgIpc) is 2.65. The molecule has 1 N–H and O–H groups in total. The molecule has 1 unspecified atom stereocenters. The van der Waals surface area contributed by atoms with E-state index in [1.165, 1.54) is 17.5 Å². The first-order valence-corrected chi connectivity index (χ1v) is 6.57. The highest BCUT2D eigenvalue weighted by molar-refractivity contribution is 7.11. The van der Waals surface area contributed by atoms with Crippen molar-refractivity contribution < 1.29 is 14.3 Å². The van der Waals surface area contributed by atoms with E-state index in [2.05, 4.69) is 10.3 Å². The number of carbonyl (C=O) groups is 2. The molecule has 1 atom stereocenters. The fourth-order valence-electron chi connectivity index (χ4n) is 1.29. The van der Waals surface area contributed by atoms with E-state index in [9.17, 15) is 9.59 Å². The van der Waals surface area contributed by atoms with Crippen molar-refractivity contribution in [2.75, 3.05) is 0 Å². The Morgan fingerprint density at radius 3 is 2.67 bits per heavy atom. The topological polar surface area (TPSA) is 68.3 Å². The van der Waals surface area contributed by atoms with Crippen LogP contribution in [0.2, 0.25) is 0 Å². The second-order valence-corrected chi connectivity index (χ2v) is 5.93. The molecule has 5 nitrogen and oxygen atoms in total. The van der Waals surface area contributed by atoms with Crippen LogP contribution in [-0.2, 0) is 4.74 Å². The van der Waals surface area contributed by atoms with Crippen LogP contribution in [0.4, 0.5) is 4.79 Å². The number of nitrogens with zero attached hydrogens (tertiary/aromatic N) is 1. The molecule has 100 valence electrons. The SMILES string of the molecule is CC(CC(=O)c1cncs1)NC(=O)OC(C)(C)C. The highest BCUT2D eigenvalue weighted by Crippen LogP contribution is 2.11. The minimum atomic E-state index is -0.536. The van der Waals surface area contributed by atoms with Gasteiger partial charge < -0.3 is 10.1 Å². The van der Waals surface area contributed by atoms with Crippen LogP contribution in [0.1, 0.15) is 43.8 Å². The predicted octanol–water partition coefficient (Wildman–Crippen LogP) is 2.63. The monoisotopic (exact) mass is 270 g/mol. The number of carbonyl (C=O) groups excluding carboxylic acids is 2. The number of Topliss-reactive ketones (excluding diaryl/α,β-unsaturated/α-hetero) is 1. The zero-order chi connectivity index (χ0) is 13.8. The van der Waals surface area contributed by atoms with E-state index in [1.54, 1.807) is 33.2 Å². The third kappa shape index (κ3) is 5.27. The first-order chi connectivity index (χ1) is 8.28. The summed E-state index contributed by atoms with van der Waals surface area (Å²) < 4.78 is 5.11. The summed E-state index contributed by atoms with van der Waals surface area (Å²) in [5.74, 6) is -0.0268. The average molecular weight is 270 g/mol.